The maximum Gasteiger partial charge on any atom is 0.246 e. The third kappa shape index (κ3) is 3.66. The van der Waals surface area contributed by atoms with Gasteiger partial charge in [0.2, 0.25) is 11.7 Å². The lowest BCUT2D eigenvalue weighted by molar-refractivity contribution is -0.127. The summed E-state index contributed by atoms with van der Waals surface area (Å²) in [5.41, 5.74) is 0.862. The highest BCUT2D eigenvalue weighted by atomic mass is 16.6. The molecule has 0 N–H and O–H groups in total. The van der Waals surface area contributed by atoms with Crippen LogP contribution in [0.5, 0.6) is 17.2 Å². The largest absolute Gasteiger partial charge is 0.493 e. The summed E-state index contributed by atoms with van der Waals surface area (Å²) < 4.78 is 16.6. The van der Waals surface area contributed by atoms with Gasteiger partial charge in [-0.15, -0.1) is 0 Å². The van der Waals surface area contributed by atoms with Crippen LogP contribution in [0.3, 0.4) is 0 Å². The molecule has 0 bridgehead atoms. The Hall–Kier alpha value is -2.17. The first-order valence-electron chi connectivity index (χ1n) is 8.61. The Morgan fingerprint density at radius 2 is 1.96 bits per heavy atom. The van der Waals surface area contributed by atoms with Gasteiger partial charge in [-0.2, -0.15) is 0 Å². The van der Waals surface area contributed by atoms with Crippen LogP contribution in [0.4, 0.5) is 0 Å². The molecule has 1 saturated carbocycles. The van der Waals surface area contributed by atoms with Crippen molar-refractivity contribution in [3.05, 3.63) is 23.8 Å². The molecule has 1 aromatic carbocycles. The van der Waals surface area contributed by atoms with Gasteiger partial charge in [0, 0.05) is 19.2 Å². The van der Waals surface area contributed by atoms with Gasteiger partial charge in [-0.25, -0.2) is 0 Å². The molecule has 1 fully saturated rings. The highest BCUT2D eigenvalue weighted by molar-refractivity contribution is 5.92. The second kappa shape index (κ2) is 7.60. The highest BCUT2D eigenvalue weighted by Crippen LogP contribution is 2.40. The van der Waals surface area contributed by atoms with E-state index in [1.165, 1.54) is 19.3 Å². The Kier molecular flexibility index (Phi) is 5.28. The van der Waals surface area contributed by atoms with Gasteiger partial charge in [0.25, 0.3) is 0 Å². The van der Waals surface area contributed by atoms with Gasteiger partial charge in [-0.3, -0.25) is 4.79 Å². The first-order valence-corrected chi connectivity index (χ1v) is 8.61. The monoisotopic (exact) mass is 331 g/mol. The number of hydrogen-bond acceptors (Lipinski definition) is 4. The zero-order valence-electron chi connectivity index (χ0n) is 14.4. The molecule has 1 heterocycles. The number of likely N-dealkylation sites (N-methyl/N-ethyl adjacent to an activating group) is 1. The second-order valence-electron chi connectivity index (χ2n) is 6.32. The van der Waals surface area contributed by atoms with Crippen molar-refractivity contribution in [1.82, 2.24) is 4.90 Å². The zero-order valence-corrected chi connectivity index (χ0v) is 14.4. The van der Waals surface area contributed by atoms with Gasteiger partial charge < -0.3 is 19.1 Å². The maximum atomic E-state index is 12.4. The average molecular weight is 331 g/mol. The summed E-state index contributed by atoms with van der Waals surface area (Å²) in [4.78, 5) is 14.3. The summed E-state index contributed by atoms with van der Waals surface area (Å²) >= 11 is 0. The molecular weight excluding hydrogens is 306 g/mol. The normalized spacial score (nSPS) is 17.8. The zero-order chi connectivity index (χ0) is 16.9. The molecule has 0 saturated heterocycles. The van der Waals surface area contributed by atoms with Crippen LogP contribution in [0.15, 0.2) is 18.2 Å². The van der Waals surface area contributed by atoms with E-state index in [4.69, 9.17) is 14.2 Å². The predicted octanol–water partition coefficient (Wildman–Crippen LogP) is 3.27. The number of fused-ring (bicyclic) bond motifs is 1. The Balaban J connectivity index is 1.72. The fourth-order valence-corrected chi connectivity index (χ4v) is 3.32. The Morgan fingerprint density at radius 3 is 2.71 bits per heavy atom. The molecule has 0 spiro atoms. The summed E-state index contributed by atoms with van der Waals surface area (Å²) in [5, 5.41) is 0. The molecule has 0 atom stereocenters. The maximum absolute atomic E-state index is 12.4. The number of nitrogens with zero attached hydrogens (tertiary/aromatic N) is 1. The molecule has 1 amide bonds. The third-order valence-corrected chi connectivity index (χ3v) is 4.74. The number of carbonyl (C=O) groups excluding carboxylic acids is 1. The molecule has 1 aliphatic carbocycles. The molecule has 5 heteroatoms. The van der Waals surface area contributed by atoms with Crippen molar-refractivity contribution in [2.24, 2.45) is 0 Å². The van der Waals surface area contributed by atoms with Crippen molar-refractivity contribution in [3.8, 4) is 17.2 Å². The number of amides is 1. The number of ether oxygens (including phenoxy) is 3. The van der Waals surface area contributed by atoms with Crippen LogP contribution in [-0.2, 0) is 4.79 Å². The molecule has 0 aromatic heterocycles. The van der Waals surface area contributed by atoms with Gasteiger partial charge in [-0.1, -0.05) is 19.3 Å². The summed E-state index contributed by atoms with van der Waals surface area (Å²) in [6.45, 7) is 1.04. The van der Waals surface area contributed by atoms with Crippen LogP contribution in [0.25, 0.3) is 6.08 Å². The minimum absolute atomic E-state index is 0.0377. The first kappa shape index (κ1) is 16.7. The number of methoxy groups -OCH3 is 1. The number of carbonyl (C=O) groups is 1. The molecule has 3 rings (SSSR count). The van der Waals surface area contributed by atoms with Crippen molar-refractivity contribution < 1.29 is 19.0 Å². The Labute approximate surface area is 143 Å². The average Bonchev–Trinajstić information content (AvgIpc) is 2.65. The third-order valence-electron chi connectivity index (χ3n) is 4.74. The quantitative estimate of drug-likeness (QED) is 0.795. The number of benzene rings is 1. The van der Waals surface area contributed by atoms with E-state index in [9.17, 15) is 4.79 Å². The summed E-state index contributed by atoms with van der Waals surface area (Å²) in [7, 11) is 3.50. The van der Waals surface area contributed by atoms with Gasteiger partial charge in [0.05, 0.1) is 7.11 Å². The van der Waals surface area contributed by atoms with Crippen LogP contribution in [0.1, 0.15) is 37.7 Å². The predicted molar refractivity (Wildman–Crippen MR) is 92.7 cm³/mol. The van der Waals surface area contributed by atoms with E-state index in [0.717, 1.165) is 18.4 Å². The smallest absolute Gasteiger partial charge is 0.246 e. The Morgan fingerprint density at radius 1 is 1.21 bits per heavy atom. The van der Waals surface area contributed by atoms with E-state index < -0.39 is 0 Å². The fourth-order valence-electron chi connectivity index (χ4n) is 3.32. The van der Waals surface area contributed by atoms with E-state index in [2.05, 4.69) is 0 Å². The topological polar surface area (TPSA) is 48.0 Å². The van der Waals surface area contributed by atoms with E-state index in [0.29, 0.717) is 36.5 Å². The van der Waals surface area contributed by atoms with Crippen molar-refractivity contribution in [3.63, 3.8) is 0 Å². The fraction of sp³-hybridized carbons (Fsp3) is 0.526. The van der Waals surface area contributed by atoms with E-state index >= 15 is 0 Å². The van der Waals surface area contributed by atoms with Crippen molar-refractivity contribution in [2.75, 3.05) is 27.4 Å². The van der Waals surface area contributed by atoms with Crippen LogP contribution in [-0.4, -0.2) is 44.2 Å². The summed E-state index contributed by atoms with van der Waals surface area (Å²) in [6.07, 6.45) is 9.35. The lowest BCUT2D eigenvalue weighted by Crippen LogP contribution is -2.37. The Bertz CT molecular complexity index is 603. The van der Waals surface area contributed by atoms with E-state index in [1.807, 2.05) is 30.2 Å². The molecule has 5 nitrogen and oxygen atoms in total. The van der Waals surface area contributed by atoms with E-state index in [1.54, 1.807) is 13.2 Å². The molecule has 1 aliphatic heterocycles. The number of rotatable bonds is 4. The molecule has 2 aliphatic rings. The molecule has 0 unspecified atom stereocenters. The summed E-state index contributed by atoms with van der Waals surface area (Å²) in [6, 6.07) is 4.10. The minimum Gasteiger partial charge on any atom is -0.493 e. The van der Waals surface area contributed by atoms with Crippen LogP contribution >= 0.6 is 0 Å². The first-order chi connectivity index (χ1) is 11.7. The minimum atomic E-state index is 0.0377. The van der Waals surface area contributed by atoms with Crippen molar-refractivity contribution in [1.29, 1.82) is 0 Å². The van der Waals surface area contributed by atoms with Crippen LogP contribution < -0.4 is 14.2 Å². The van der Waals surface area contributed by atoms with Gasteiger partial charge in [0.1, 0.15) is 13.2 Å². The molecule has 130 valence electrons. The second-order valence-corrected chi connectivity index (χ2v) is 6.32. The molecule has 0 radical (unpaired) electrons. The molecule has 24 heavy (non-hydrogen) atoms. The highest BCUT2D eigenvalue weighted by Gasteiger charge is 2.21. The SMILES string of the molecule is COc1cc(/C=C/C(=O)N(C)C2CCCCC2)cc2c1OCCO2. The van der Waals surface area contributed by atoms with Crippen LogP contribution in [0, 0.1) is 0 Å². The van der Waals surface area contributed by atoms with Crippen molar-refractivity contribution in [2.45, 2.75) is 38.1 Å². The number of hydrogen-bond donors (Lipinski definition) is 0. The summed E-state index contributed by atoms with van der Waals surface area (Å²) in [5.74, 6) is 1.95. The molecular formula is C19H25NO4. The standard InChI is InChI=1S/C19H25NO4/c1-20(15-6-4-3-5-7-15)18(21)9-8-14-12-16(22-2)19-17(13-14)23-10-11-24-19/h8-9,12-13,15H,3-7,10-11H2,1-2H3/b9-8+. The van der Waals surface area contributed by atoms with Crippen molar-refractivity contribution >= 4 is 12.0 Å². The molecule has 1 aromatic rings. The van der Waals surface area contributed by atoms with E-state index in [-0.39, 0.29) is 5.91 Å². The lowest BCUT2D eigenvalue weighted by atomic mass is 9.94. The van der Waals surface area contributed by atoms with Gasteiger partial charge >= 0.3 is 0 Å². The van der Waals surface area contributed by atoms with Crippen LogP contribution in [0.2, 0.25) is 0 Å². The lowest BCUT2D eigenvalue weighted by Gasteiger charge is -2.30. The van der Waals surface area contributed by atoms with Gasteiger partial charge in [0.15, 0.2) is 11.5 Å². The van der Waals surface area contributed by atoms with Gasteiger partial charge in [-0.05, 0) is 36.6 Å².